The molecule has 0 amide bonds. The monoisotopic (exact) mass is 160 g/mol. The molecule has 0 aliphatic heterocycles. The van der Waals surface area contributed by atoms with Gasteiger partial charge in [-0.3, -0.25) is 0 Å². The molecule has 0 fully saturated rings. The molecule has 68 valence electrons. The van der Waals surface area contributed by atoms with Crippen molar-refractivity contribution in [1.29, 1.82) is 0 Å². The summed E-state index contributed by atoms with van der Waals surface area (Å²) in [7, 11) is 0. The third-order valence-corrected chi connectivity index (χ3v) is 1.86. The van der Waals surface area contributed by atoms with E-state index in [4.69, 9.17) is 5.11 Å². The number of hydrogen-bond donors (Lipinski definition) is 2. The summed E-state index contributed by atoms with van der Waals surface area (Å²) in [5.74, 6) is 0. The van der Waals surface area contributed by atoms with Gasteiger partial charge in [0, 0.05) is 0 Å². The van der Waals surface area contributed by atoms with Crippen molar-refractivity contribution >= 4 is 0 Å². The second-order valence-electron chi connectivity index (χ2n) is 4.31. The van der Waals surface area contributed by atoms with Gasteiger partial charge in [-0.05, 0) is 25.2 Å². The Balaban J connectivity index is 3.61. The smallest absolute Gasteiger partial charge is 0.0589 e. The van der Waals surface area contributed by atoms with Crippen LogP contribution in [0.25, 0.3) is 0 Å². The lowest BCUT2D eigenvalue weighted by Crippen LogP contribution is -2.26. The molecule has 2 unspecified atom stereocenters. The largest absolute Gasteiger partial charge is 0.393 e. The molecule has 0 spiro atoms. The van der Waals surface area contributed by atoms with Gasteiger partial charge in [0.25, 0.3) is 0 Å². The van der Waals surface area contributed by atoms with Crippen molar-refractivity contribution in [3.63, 3.8) is 0 Å². The maximum atomic E-state index is 9.52. The van der Waals surface area contributed by atoms with Gasteiger partial charge in [-0.25, -0.2) is 0 Å². The Hall–Kier alpha value is -0.0800. The standard InChI is InChI=1S/C9H20O2/c1-7(10)5-6-8(11)9(2,3)4/h7-8,10-11H,5-6H2,1-4H3. The zero-order chi connectivity index (χ0) is 9.07. The first kappa shape index (κ1) is 10.9. The quantitative estimate of drug-likeness (QED) is 0.657. The summed E-state index contributed by atoms with van der Waals surface area (Å²) in [6.45, 7) is 7.74. The van der Waals surface area contributed by atoms with Crippen LogP contribution in [0, 0.1) is 5.41 Å². The van der Waals surface area contributed by atoms with E-state index in [2.05, 4.69) is 0 Å². The number of aliphatic hydroxyl groups excluding tert-OH is 2. The number of aliphatic hydroxyl groups is 2. The van der Waals surface area contributed by atoms with Crippen molar-refractivity contribution in [2.45, 2.75) is 52.7 Å². The van der Waals surface area contributed by atoms with Crippen LogP contribution < -0.4 is 0 Å². The number of rotatable bonds is 3. The van der Waals surface area contributed by atoms with Gasteiger partial charge in [0.1, 0.15) is 0 Å². The minimum atomic E-state index is -0.308. The van der Waals surface area contributed by atoms with Crippen LogP contribution in [0.15, 0.2) is 0 Å². The van der Waals surface area contributed by atoms with Gasteiger partial charge in [-0.15, -0.1) is 0 Å². The van der Waals surface area contributed by atoms with E-state index in [1.807, 2.05) is 20.8 Å². The normalized spacial score (nSPS) is 18.0. The zero-order valence-corrected chi connectivity index (χ0v) is 7.96. The van der Waals surface area contributed by atoms with Crippen molar-refractivity contribution in [3.05, 3.63) is 0 Å². The molecule has 2 heteroatoms. The van der Waals surface area contributed by atoms with Gasteiger partial charge in [-0.2, -0.15) is 0 Å². The van der Waals surface area contributed by atoms with E-state index in [0.717, 1.165) is 0 Å². The summed E-state index contributed by atoms with van der Waals surface area (Å²) < 4.78 is 0. The van der Waals surface area contributed by atoms with Gasteiger partial charge >= 0.3 is 0 Å². The van der Waals surface area contributed by atoms with Crippen LogP contribution in [-0.2, 0) is 0 Å². The minimum Gasteiger partial charge on any atom is -0.393 e. The van der Waals surface area contributed by atoms with Crippen molar-refractivity contribution in [1.82, 2.24) is 0 Å². The molecule has 0 aliphatic rings. The molecule has 0 aromatic heterocycles. The van der Waals surface area contributed by atoms with E-state index in [1.54, 1.807) is 6.92 Å². The van der Waals surface area contributed by atoms with E-state index in [1.165, 1.54) is 0 Å². The second kappa shape index (κ2) is 4.07. The highest BCUT2D eigenvalue weighted by molar-refractivity contribution is 4.72. The molecule has 0 aliphatic carbocycles. The Morgan fingerprint density at radius 3 is 1.82 bits per heavy atom. The molecular weight excluding hydrogens is 140 g/mol. The molecule has 11 heavy (non-hydrogen) atoms. The average molecular weight is 160 g/mol. The van der Waals surface area contributed by atoms with Gasteiger partial charge in [0.15, 0.2) is 0 Å². The summed E-state index contributed by atoms with van der Waals surface area (Å²) >= 11 is 0. The lowest BCUT2D eigenvalue weighted by atomic mass is 9.86. The molecule has 0 aromatic rings. The number of hydrogen-bond acceptors (Lipinski definition) is 2. The fraction of sp³-hybridized carbons (Fsp3) is 1.00. The Bertz CT molecular complexity index is 103. The van der Waals surface area contributed by atoms with Gasteiger partial charge in [-0.1, -0.05) is 20.8 Å². The van der Waals surface area contributed by atoms with Gasteiger partial charge < -0.3 is 10.2 Å². The molecule has 0 rings (SSSR count). The Morgan fingerprint density at radius 2 is 1.55 bits per heavy atom. The summed E-state index contributed by atoms with van der Waals surface area (Å²) in [6, 6.07) is 0. The van der Waals surface area contributed by atoms with E-state index >= 15 is 0 Å². The maximum absolute atomic E-state index is 9.52. The SMILES string of the molecule is CC(O)CCC(O)C(C)(C)C. The molecule has 0 bridgehead atoms. The van der Waals surface area contributed by atoms with E-state index in [9.17, 15) is 5.11 Å². The first-order chi connectivity index (χ1) is 4.84. The zero-order valence-electron chi connectivity index (χ0n) is 7.96. The molecular formula is C9H20O2. The fourth-order valence-corrected chi connectivity index (χ4v) is 0.832. The van der Waals surface area contributed by atoms with Crippen molar-refractivity contribution in [3.8, 4) is 0 Å². The van der Waals surface area contributed by atoms with Crippen molar-refractivity contribution < 1.29 is 10.2 Å². The van der Waals surface area contributed by atoms with Gasteiger partial charge in [0.2, 0.25) is 0 Å². The first-order valence-electron chi connectivity index (χ1n) is 4.20. The fourth-order valence-electron chi connectivity index (χ4n) is 0.832. The first-order valence-corrected chi connectivity index (χ1v) is 4.20. The summed E-state index contributed by atoms with van der Waals surface area (Å²) in [5, 5.41) is 18.5. The van der Waals surface area contributed by atoms with E-state index < -0.39 is 0 Å². The summed E-state index contributed by atoms with van der Waals surface area (Å²) in [6.07, 6.45) is 0.753. The highest BCUT2D eigenvalue weighted by Gasteiger charge is 2.21. The third-order valence-electron chi connectivity index (χ3n) is 1.86. The summed E-state index contributed by atoms with van der Waals surface area (Å²) in [4.78, 5) is 0. The van der Waals surface area contributed by atoms with Crippen LogP contribution >= 0.6 is 0 Å². The molecule has 0 saturated heterocycles. The van der Waals surface area contributed by atoms with Crippen LogP contribution in [0.2, 0.25) is 0 Å². The maximum Gasteiger partial charge on any atom is 0.0589 e. The highest BCUT2D eigenvalue weighted by Crippen LogP contribution is 2.22. The molecule has 0 aromatic carbocycles. The van der Waals surface area contributed by atoms with E-state index in [0.29, 0.717) is 12.8 Å². The molecule has 2 nitrogen and oxygen atoms in total. The molecule has 2 atom stereocenters. The molecule has 2 N–H and O–H groups in total. The topological polar surface area (TPSA) is 40.5 Å². The van der Waals surface area contributed by atoms with Gasteiger partial charge in [0.05, 0.1) is 12.2 Å². The van der Waals surface area contributed by atoms with E-state index in [-0.39, 0.29) is 17.6 Å². The predicted octanol–water partition coefficient (Wildman–Crippen LogP) is 1.55. The van der Waals surface area contributed by atoms with Crippen molar-refractivity contribution in [2.24, 2.45) is 5.41 Å². The Kier molecular flexibility index (Phi) is 4.04. The average Bonchev–Trinajstić information content (AvgIpc) is 1.80. The lowest BCUT2D eigenvalue weighted by molar-refractivity contribution is 0.0416. The molecule has 0 heterocycles. The highest BCUT2D eigenvalue weighted by atomic mass is 16.3. The van der Waals surface area contributed by atoms with Crippen molar-refractivity contribution in [2.75, 3.05) is 0 Å². The van der Waals surface area contributed by atoms with Crippen LogP contribution in [0.5, 0.6) is 0 Å². The Morgan fingerprint density at radius 1 is 1.09 bits per heavy atom. The predicted molar refractivity (Wildman–Crippen MR) is 46.4 cm³/mol. The molecule has 0 saturated carbocycles. The van der Waals surface area contributed by atoms with Crippen LogP contribution in [0.3, 0.4) is 0 Å². The minimum absolute atomic E-state index is 0.0606. The lowest BCUT2D eigenvalue weighted by Gasteiger charge is -2.26. The van der Waals surface area contributed by atoms with Crippen LogP contribution in [0.1, 0.15) is 40.5 Å². The summed E-state index contributed by atoms with van der Waals surface area (Å²) in [5.41, 5.74) is -0.0606. The third kappa shape index (κ3) is 5.22. The molecule has 0 radical (unpaired) electrons. The van der Waals surface area contributed by atoms with Crippen LogP contribution in [0.4, 0.5) is 0 Å². The Labute approximate surface area is 69.2 Å². The second-order valence-corrected chi connectivity index (χ2v) is 4.31. The van der Waals surface area contributed by atoms with Crippen LogP contribution in [-0.4, -0.2) is 22.4 Å².